The van der Waals surface area contributed by atoms with E-state index >= 15 is 0 Å². The molecule has 0 aromatic rings. The Bertz CT molecular complexity index is 263. The van der Waals surface area contributed by atoms with E-state index in [1.54, 1.807) is 0 Å². The number of ether oxygens (including phenoxy) is 1. The maximum absolute atomic E-state index is 10.6. The second-order valence-corrected chi connectivity index (χ2v) is 3.96. The van der Waals surface area contributed by atoms with E-state index in [-0.39, 0.29) is 5.97 Å². The van der Waals surface area contributed by atoms with Gasteiger partial charge < -0.3 is 4.74 Å². The molecule has 0 amide bonds. The molecule has 1 rings (SSSR count). The molecule has 2 heteroatoms. The highest BCUT2D eigenvalue weighted by atomic mass is 16.5. The van der Waals surface area contributed by atoms with E-state index in [0.29, 0.717) is 12.5 Å². The minimum Gasteiger partial charge on any atom is -0.461 e. The maximum Gasteiger partial charge on any atom is 0.302 e. The first kappa shape index (κ1) is 11.0. The van der Waals surface area contributed by atoms with Crippen molar-refractivity contribution in [3.05, 3.63) is 23.8 Å². The molecule has 0 aromatic carbocycles. The minimum absolute atomic E-state index is 0.228. The smallest absolute Gasteiger partial charge is 0.302 e. The van der Waals surface area contributed by atoms with Gasteiger partial charge >= 0.3 is 5.97 Å². The van der Waals surface area contributed by atoms with Gasteiger partial charge in [0.25, 0.3) is 0 Å². The van der Waals surface area contributed by atoms with Gasteiger partial charge in [-0.25, -0.2) is 0 Å². The summed E-state index contributed by atoms with van der Waals surface area (Å²) in [5, 5.41) is 0. The summed E-state index contributed by atoms with van der Waals surface area (Å²) in [6.07, 6.45) is 5.59. The summed E-state index contributed by atoms with van der Waals surface area (Å²) in [6, 6.07) is 0. The molecule has 1 aliphatic carbocycles. The summed E-state index contributed by atoms with van der Waals surface area (Å²) in [6.45, 7) is 7.94. The molecule has 2 nitrogen and oxygen atoms in total. The van der Waals surface area contributed by atoms with Crippen LogP contribution in [0.3, 0.4) is 0 Å². The van der Waals surface area contributed by atoms with Crippen LogP contribution in [0.1, 0.15) is 33.1 Å². The molecular formula is C12H18O2. The molecule has 14 heavy (non-hydrogen) atoms. The van der Waals surface area contributed by atoms with E-state index in [4.69, 9.17) is 4.74 Å². The summed E-state index contributed by atoms with van der Waals surface area (Å²) in [5.74, 6) is 0.270. The number of allylic oxidation sites excluding steroid dienone is 2. The quantitative estimate of drug-likeness (QED) is 0.510. The van der Waals surface area contributed by atoms with Crippen LogP contribution < -0.4 is 0 Å². The highest BCUT2D eigenvalue weighted by Crippen LogP contribution is 2.28. The summed E-state index contributed by atoms with van der Waals surface area (Å²) >= 11 is 0. The monoisotopic (exact) mass is 194 g/mol. The van der Waals surface area contributed by atoms with Crippen molar-refractivity contribution in [2.45, 2.75) is 33.1 Å². The van der Waals surface area contributed by atoms with Gasteiger partial charge in [-0.05, 0) is 37.7 Å². The Morgan fingerprint density at radius 1 is 1.71 bits per heavy atom. The topological polar surface area (TPSA) is 26.3 Å². The third-order valence-electron chi connectivity index (χ3n) is 2.68. The average Bonchev–Trinajstić information content (AvgIpc) is 2.15. The van der Waals surface area contributed by atoms with Gasteiger partial charge in [0.05, 0.1) is 0 Å². The Kier molecular flexibility index (Phi) is 3.93. The molecule has 0 aromatic heterocycles. The van der Waals surface area contributed by atoms with Crippen molar-refractivity contribution in [3.8, 4) is 0 Å². The van der Waals surface area contributed by atoms with Gasteiger partial charge in [0.1, 0.15) is 6.61 Å². The van der Waals surface area contributed by atoms with Gasteiger partial charge in [0.2, 0.25) is 0 Å². The van der Waals surface area contributed by atoms with Crippen LogP contribution in [0, 0.1) is 5.92 Å². The van der Waals surface area contributed by atoms with Crippen molar-refractivity contribution >= 4 is 5.97 Å². The highest BCUT2D eigenvalue weighted by Gasteiger charge is 2.15. The number of carbonyl (C=O) groups excluding carboxylic acids is 1. The van der Waals surface area contributed by atoms with E-state index in [1.807, 2.05) is 0 Å². The fourth-order valence-corrected chi connectivity index (χ4v) is 1.65. The summed E-state index contributed by atoms with van der Waals surface area (Å²) in [7, 11) is 0. The minimum atomic E-state index is -0.228. The molecule has 0 saturated carbocycles. The number of rotatable bonds is 3. The van der Waals surface area contributed by atoms with Crippen LogP contribution in [0.5, 0.6) is 0 Å². The molecule has 1 atom stereocenters. The summed E-state index contributed by atoms with van der Waals surface area (Å²) < 4.78 is 4.92. The predicted octanol–water partition coefficient (Wildman–Crippen LogP) is 2.85. The maximum atomic E-state index is 10.6. The first-order chi connectivity index (χ1) is 6.59. The molecule has 0 aliphatic heterocycles. The highest BCUT2D eigenvalue weighted by molar-refractivity contribution is 5.66. The van der Waals surface area contributed by atoms with Gasteiger partial charge in [0.15, 0.2) is 0 Å². The lowest BCUT2D eigenvalue weighted by molar-refractivity contribution is -0.140. The van der Waals surface area contributed by atoms with Crippen LogP contribution >= 0.6 is 0 Å². The molecule has 0 heterocycles. The Morgan fingerprint density at radius 3 is 2.93 bits per heavy atom. The zero-order valence-electron chi connectivity index (χ0n) is 9.01. The predicted molar refractivity (Wildman–Crippen MR) is 56.9 cm³/mol. The fraction of sp³-hybridized carbons (Fsp3) is 0.583. The second kappa shape index (κ2) is 4.99. The van der Waals surface area contributed by atoms with Crippen LogP contribution in [-0.4, -0.2) is 12.6 Å². The lowest BCUT2D eigenvalue weighted by atomic mass is 9.86. The zero-order valence-corrected chi connectivity index (χ0v) is 9.01. The number of hydrogen-bond acceptors (Lipinski definition) is 2. The zero-order chi connectivity index (χ0) is 10.6. The third-order valence-corrected chi connectivity index (χ3v) is 2.68. The van der Waals surface area contributed by atoms with Crippen LogP contribution in [0.15, 0.2) is 23.8 Å². The van der Waals surface area contributed by atoms with Crippen LogP contribution in [-0.2, 0) is 9.53 Å². The lowest BCUT2D eigenvalue weighted by Crippen LogP contribution is -2.13. The van der Waals surface area contributed by atoms with Crippen molar-refractivity contribution < 1.29 is 9.53 Å². The van der Waals surface area contributed by atoms with Gasteiger partial charge in [0, 0.05) is 6.92 Å². The molecule has 78 valence electrons. The Labute approximate surface area is 85.6 Å². The molecule has 0 bridgehead atoms. The number of hydrogen-bond donors (Lipinski definition) is 0. The largest absolute Gasteiger partial charge is 0.461 e. The summed E-state index contributed by atoms with van der Waals surface area (Å²) in [4.78, 5) is 10.6. The van der Waals surface area contributed by atoms with E-state index in [1.165, 1.54) is 12.5 Å². The summed E-state index contributed by atoms with van der Waals surface area (Å²) in [5.41, 5.74) is 2.51. The number of esters is 1. The third kappa shape index (κ3) is 3.36. The van der Waals surface area contributed by atoms with Gasteiger partial charge in [-0.2, -0.15) is 0 Å². The molecule has 0 unspecified atom stereocenters. The van der Waals surface area contributed by atoms with Crippen LogP contribution in [0.4, 0.5) is 0 Å². The van der Waals surface area contributed by atoms with Crippen molar-refractivity contribution in [2.24, 2.45) is 5.92 Å². The lowest BCUT2D eigenvalue weighted by Gasteiger charge is -2.22. The molecule has 1 aliphatic rings. The molecule has 0 fully saturated rings. The molecule has 0 N–H and O–H groups in total. The normalized spacial score (nSPS) is 21.3. The molecule has 0 radical (unpaired) electrons. The van der Waals surface area contributed by atoms with Gasteiger partial charge in [-0.1, -0.05) is 18.2 Å². The Hall–Kier alpha value is -1.05. The average molecular weight is 194 g/mol. The van der Waals surface area contributed by atoms with E-state index in [9.17, 15) is 4.79 Å². The van der Waals surface area contributed by atoms with Crippen molar-refractivity contribution in [2.75, 3.05) is 6.61 Å². The first-order valence-corrected chi connectivity index (χ1v) is 5.06. The van der Waals surface area contributed by atoms with E-state index < -0.39 is 0 Å². The SMILES string of the molecule is C=C(COC(C)=O)[C@H]1CC=C(C)CC1. The Balaban J connectivity index is 2.35. The fourth-order valence-electron chi connectivity index (χ4n) is 1.65. The first-order valence-electron chi connectivity index (χ1n) is 5.06. The molecular weight excluding hydrogens is 176 g/mol. The van der Waals surface area contributed by atoms with Crippen LogP contribution in [0.2, 0.25) is 0 Å². The van der Waals surface area contributed by atoms with Crippen molar-refractivity contribution in [3.63, 3.8) is 0 Å². The Morgan fingerprint density at radius 2 is 2.43 bits per heavy atom. The van der Waals surface area contributed by atoms with Gasteiger partial charge in [-0.3, -0.25) is 4.79 Å². The van der Waals surface area contributed by atoms with Gasteiger partial charge in [-0.15, -0.1) is 0 Å². The van der Waals surface area contributed by atoms with E-state index in [0.717, 1.165) is 24.8 Å². The number of carbonyl (C=O) groups is 1. The van der Waals surface area contributed by atoms with E-state index in [2.05, 4.69) is 19.6 Å². The second-order valence-electron chi connectivity index (χ2n) is 3.96. The molecule has 0 spiro atoms. The molecule has 0 saturated heterocycles. The van der Waals surface area contributed by atoms with Crippen LogP contribution in [0.25, 0.3) is 0 Å². The van der Waals surface area contributed by atoms with Crippen molar-refractivity contribution in [1.82, 2.24) is 0 Å². The van der Waals surface area contributed by atoms with Crippen molar-refractivity contribution in [1.29, 1.82) is 0 Å². The standard InChI is InChI=1S/C12H18O2/c1-9-4-6-12(7-5-9)10(2)8-14-11(3)13/h4,12H,2,5-8H2,1,3H3/t12-/m0/s1.